The summed E-state index contributed by atoms with van der Waals surface area (Å²) in [6.45, 7) is 2.98. The predicted molar refractivity (Wildman–Crippen MR) is 77.5 cm³/mol. The molecule has 0 spiro atoms. The third kappa shape index (κ3) is 6.55. The molecule has 3 heteroatoms. The smallest absolute Gasteiger partial charge is 0.119 e. The van der Waals surface area contributed by atoms with E-state index in [1.54, 1.807) is 0 Å². The van der Waals surface area contributed by atoms with Gasteiger partial charge in [0, 0.05) is 0 Å². The van der Waals surface area contributed by atoms with Crippen LogP contribution >= 0.6 is 0 Å². The average molecular weight is 272 g/mol. The van der Waals surface area contributed by atoms with Crippen molar-refractivity contribution >= 4 is 0 Å². The van der Waals surface area contributed by atoms with E-state index in [1.165, 1.54) is 50.5 Å². The zero-order valence-electron chi connectivity index (χ0n) is 11.8. The van der Waals surface area contributed by atoms with Crippen LogP contribution in [0.15, 0.2) is 24.3 Å². The standard InChI is InChI=1S/C16H24O.2FH/c1-14-9-11-16(12-10-14)17-13-5-8-15-6-3-2-4-7-15;;/h9-12,15H,2-8,13H2,1H3;2*1H. The van der Waals surface area contributed by atoms with E-state index in [-0.39, 0.29) is 9.41 Å². The second kappa shape index (κ2) is 9.76. The van der Waals surface area contributed by atoms with Gasteiger partial charge in [-0.3, -0.25) is 9.41 Å². The fraction of sp³-hybridized carbons (Fsp3) is 0.625. The zero-order valence-corrected chi connectivity index (χ0v) is 11.8. The highest BCUT2D eigenvalue weighted by molar-refractivity contribution is 5.26. The van der Waals surface area contributed by atoms with E-state index >= 15 is 0 Å². The maximum atomic E-state index is 5.75. The molecule has 0 aromatic heterocycles. The highest BCUT2D eigenvalue weighted by atomic mass is 19.0. The normalized spacial score (nSPS) is 15.2. The van der Waals surface area contributed by atoms with E-state index in [0.717, 1.165) is 18.3 Å². The highest BCUT2D eigenvalue weighted by Crippen LogP contribution is 2.27. The fourth-order valence-electron chi connectivity index (χ4n) is 2.67. The lowest BCUT2D eigenvalue weighted by molar-refractivity contribution is 0.269. The molecule has 1 aliphatic rings. The molecular weight excluding hydrogens is 246 g/mol. The topological polar surface area (TPSA) is 9.23 Å². The van der Waals surface area contributed by atoms with Gasteiger partial charge in [-0.15, -0.1) is 0 Å². The van der Waals surface area contributed by atoms with E-state index in [4.69, 9.17) is 4.74 Å². The predicted octanol–water partition coefficient (Wildman–Crippen LogP) is 5.04. The summed E-state index contributed by atoms with van der Waals surface area (Å²) in [6.07, 6.45) is 9.81. The first kappa shape index (κ1) is 17.9. The number of ether oxygens (including phenoxy) is 1. The van der Waals surface area contributed by atoms with Crippen LogP contribution in [0.5, 0.6) is 5.75 Å². The molecule has 0 saturated heterocycles. The Morgan fingerprint density at radius 1 is 1.00 bits per heavy atom. The Hall–Kier alpha value is -1.12. The molecule has 19 heavy (non-hydrogen) atoms. The molecule has 0 atom stereocenters. The first-order chi connectivity index (χ1) is 8.34. The molecule has 0 unspecified atom stereocenters. The van der Waals surface area contributed by atoms with Crippen molar-refractivity contribution in [3.05, 3.63) is 29.8 Å². The number of hydrogen-bond acceptors (Lipinski definition) is 1. The molecule has 2 rings (SSSR count). The Morgan fingerprint density at radius 2 is 1.63 bits per heavy atom. The van der Waals surface area contributed by atoms with Crippen LogP contribution in [0.2, 0.25) is 0 Å². The van der Waals surface area contributed by atoms with Gasteiger partial charge in [0.25, 0.3) is 0 Å². The van der Waals surface area contributed by atoms with Gasteiger partial charge in [-0.2, -0.15) is 0 Å². The molecule has 110 valence electrons. The molecule has 0 N–H and O–H groups in total. The number of benzene rings is 1. The van der Waals surface area contributed by atoms with Gasteiger partial charge in [-0.05, 0) is 37.8 Å². The lowest BCUT2D eigenvalue weighted by Gasteiger charge is -2.21. The van der Waals surface area contributed by atoms with Crippen molar-refractivity contribution in [1.29, 1.82) is 0 Å². The van der Waals surface area contributed by atoms with Crippen LogP contribution in [0, 0.1) is 12.8 Å². The lowest BCUT2D eigenvalue weighted by atomic mass is 9.86. The van der Waals surface area contributed by atoms with Gasteiger partial charge in [0.2, 0.25) is 0 Å². The SMILES string of the molecule is Cc1ccc(OCCCC2CCCCC2)cc1.F.F. The van der Waals surface area contributed by atoms with Crippen LogP contribution in [0.1, 0.15) is 50.5 Å². The molecule has 1 aromatic carbocycles. The number of rotatable bonds is 5. The van der Waals surface area contributed by atoms with Crippen molar-refractivity contribution < 1.29 is 14.1 Å². The molecule has 1 aliphatic carbocycles. The summed E-state index contributed by atoms with van der Waals surface area (Å²) in [5.41, 5.74) is 1.29. The van der Waals surface area contributed by atoms with Crippen molar-refractivity contribution in [2.24, 2.45) is 5.92 Å². The van der Waals surface area contributed by atoms with E-state index in [1.807, 2.05) is 0 Å². The third-order valence-electron chi connectivity index (χ3n) is 3.77. The largest absolute Gasteiger partial charge is 0.494 e. The molecule has 0 bridgehead atoms. The molecule has 1 nitrogen and oxygen atoms in total. The number of aryl methyl sites for hydroxylation is 1. The van der Waals surface area contributed by atoms with Crippen LogP contribution in [-0.2, 0) is 0 Å². The van der Waals surface area contributed by atoms with E-state index in [2.05, 4.69) is 31.2 Å². The van der Waals surface area contributed by atoms with Crippen molar-refractivity contribution in [3.63, 3.8) is 0 Å². The molecule has 1 saturated carbocycles. The summed E-state index contributed by atoms with van der Waals surface area (Å²) >= 11 is 0. The van der Waals surface area contributed by atoms with Gasteiger partial charge in [-0.1, -0.05) is 49.8 Å². The molecular formula is C16H26F2O. The minimum absolute atomic E-state index is 0. The van der Waals surface area contributed by atoms with Crippen LogP contribution < -0.4 is 4.74 Å². The van der Waals surface area contributed by atoms with Gasteiger partial charge in [-0.25, -0.2) is 0 Å². The van der Waals surface area contributed by atoms with Gasteiger partial charge >= 0.3 is 0 Å². The molecule has 0 amide bonds. The summed E-state index contributed by atoms with van der Waals surface area (Å²) in [5, 5.41) is 0. The van der Waals surface area contributed by atoms with Gasteiger partial charge in [0.05, 0.1) is 6.61 Å². The quantitative estimate of drug-likeness (QED) is 0.682. The Labute approximate surface area is 115 Å². The van der Waals surface area contributed by atoms with E-state index in [9.17, 15) is 0 Å². The van der Waals surface area contributed by atoms with Crippen LogP contribution in [0.25, 0.3) is 0 Å². The lowest BCUT2D eigenvalue weighted by Crippen LogP contribution is -2.08. The maximum Gasteiger partial charge on any atom is 0.119 e. The van der Waals surface area contributed by atoms with Crippen molar-refractivity contribution in [2.45, 2.75) is 51.9 Å². The second-order valence-corrected chi connectivity index (χ2v) is 5.31. The summed E-state index contributed by atoms with van der Waals surface area (Å²) in [7, 11) is 0. The Morgan fingerprint density at radius 3 is 2.26 bits per heavy atom. The number of halogens is 2. The Balaban J connectivity index is 0.00000162. The van der Waals surface area contributed by atoms with Gasteiger partial charge in [0.15, 0.2) is 0 Å². The first-order valence-corrected chi connectivity index (χ1v) is 7.04. The summed E-state index contributed by atoms with van der Waals surface area (Å²) in [4.78, 5) is 0. The third-order valence-corrected chi connectivity index (χ3v) is 3.77. The fourth-order valence-corrected chi connectivity index (χ4v) is 2.67. The molecule has 1 fully saturated rings. The van der Waals surface area contributed by atoms with Crippen LogP contribution in [-0.4, -0.2) is 6.61 Å². The highest BCUT2D eigenvalue weighted by Gasteiger charge is 2.12. The van der Waals surface area contributed by atoms with Crippen molar-refractivity contribution in [3.8, 4) is 5.75 Å². The summed E-state index contributed by atoms with van der Waals surface area (Å²) < 4.78 is 5.75. The Kier molecular flexibility index (Phi) is 9.19. The summed E-state index contributed by atoms with van der Waals surface area (Å²) in [6, 6.07) is 8.35. The van der Waals surface area contributed by atoms with Crippen molar-refractivity contribution in [1.82, 2.24) is 0 Å². The van der Waals surface area contributed by atoms with E-state index in [0.29, 0.717) is 0 Å². The van der Waals surface area contributed by atoms with E-state index < -0.39 is 0 Å². The van der Waals surface area contributed by atoms with Gasteiger partial charge in [0.1, 0.15) is 5.75 Å². The minimum Gasteiger partial charge on any atom is -0.494 e. The first-order valence-electron chi connectivity index (χ1n) is 7.04. The number of hydrogen-bond donors (Lipinski definition) is 0. The monoisotopic (exact) mass is 272 g/mol. The van der Waals surface area contributed by atoms with Gasteiger partial charge < -0.3 is 4.74 Å². The molecule has 1 aromatic rings. The van der Waals surface area contributed by atoms with Crippen LogP contribution in [0.4, 0.5) is 9.41 Å². The van der Waals surface area contributed by atoms with Crippen molar-refractivity contribution in [2.75, 3.05) is 6.61 Å². The summed E-state index contributed by atoms with van der Waals surface area (Å²) in [5.74, 6) is 1.99. The van der Waals surface area contributed by atoms with Crippen LogP contribution in [0.3, 0.4) is 0 Å². The maximum absolute atomic E-state index is 5.75. The molecule has 0 heterocycles. The molecule has 0 aliphatic heterocycles. The minimum atomic E-state index is 0. The Bertz CT molecular complexity index is 318. The zero-order chi connectivity index (χ0) is 11.9. The molecule has 0 radical (unpaired) electrons. The second-order valence-electron chi connectivity index (χ2n) is 5.31. The average Bonchev–Trinajstić information content (AvgIpc) is 2.38.